The molecule has 5 nitrogen and oxygen atoms in total. The van der Waals surface area contributed by atoms with E-state index in [1.54, 1.807) is 6.07 Å². The molecule has 0 spiro atoms. The van der Waals surface area contributed by atoms with E-state index in [0.717, 1.165) is 11.3 Å². The Morgan fingerprint density at radius 1 is 1.19 bits per heavy atom. The molecule has 0 amide bonds. The van der Waals surface area contributed by atoms with E-state index >= 15 is 0 Å². The van der Waals surface area contributed by atoms with Gasteiger partial charge in [-0.3, -0.25) is 10.1 Å². The lowest BCUT2D eigenvalue weighted by atomic mass is 10.2. The zero-order valence-electron chi connectivity index (χ0n) is 11.8. The fourth-order valence-electron chi connectivity index (χ4n) is 1.87. The van der Waals surface area contributed by atoms with Crippen molar-refractivity contribution in [1.82, 2.24) is 0 Å². The highest BCUT2D eigenvalue weighted by Crippen LogP contribution is 2.27. The van der Waals surface area contributed by atoms with E-state index in [-0.39, 0.29) is 5.69 Å². The smallest absolute Gasteiger partial charge is 0.271 e. The van der Waals surface area contributed by atoms with Crippen LogP contribution in [0.4, 0.5) is 17.1 Å². The quantitative estimate of drug-likeness (QED) is 0.672. The van der Waals surface area contributed by atoms with Crippen LogP contribution in [0.5, 0.6) is 0 Å². The molecule has 0 atom stereocenters. The zero-order chi connectivity index (χ0) is 15.4. The number of nitro benzene ring substituents is 1. The molecular weight excluding hydrogens is 290 g/mol. The first kappa shape index (κ1) is 15.1. The average Bonchev–Trinajstić information content (AvgIpc) is 2.46. The second-order valence-electron chi connectivity index (χ2n) is 4.84. The van der Waals surface area contributed by atoms with Crippen LogP contribution in [0, 0.1) is 10.1 Å². The van der Waals surface area contributed by atoms with Crippen molar-refractivity contribution in [3.05, 3.63) is 63.2 Å². The molecule has 0 fully saturated rings. The average molecular weight is 306 g/mol. The predicted molar refractivity (Wildman–Crippen MR) is 86.2 cm³/mol. The van der Waals surface area contributed by atoms with Crippen molar-refractivity contribution in [2.24, 2.45) is 0 Å². The van der Waals surface area contributed by atoms with Gasteiger partial charge in [-0.25, -0.2) is 0 Å². The van der Waals surface area contributed by atoms with E-state index in [2.05, 4.69) is 5.32 Å². The summed E-state index contributed by atoms with van der Waals surface area (Å²) in [7, 11) is 3.98. The topological polar surface area (TPSA) is 58.4 Å². The number of halogens is 1. The van der Waals surface area contributed by atoms with Gasteiger partial charge in [0.25, 0.3) is 5.69 Å². The molecule has 21 heavy (non-hydrogen) atoms. The standard InChI is InChI=1S/C15H16ClN3O2/c1-18(2)12-5-3-11(4-6-12)10-17-15-8-7-13(19(20)21)9-14(15)16/h3-9,17H,10H2,1-2H3. The van der Waals surface area contributed by atoms with Crippen LogP contribution >= 0.6 is 11.6 Å². The van der Waals surface area contributed by atoms with Gasteiger partial charge in [-0.05, 0) is 23.8 Å². The van der Waals surface area contributed by atoms with Gasteiger partial charge in [-0.1, -0.05) is 23.7 Å². The first-order valence-electron chi connectivity index (χ1n) is 6.41. The van der Waals surface area contributed by atoms with E-state index in [1.165, 1.54) is 12.1 Å². The summed E-state index contributed by atoms with van der Waals surface area (Å²) in [4.78, 5) is 12.2. The van der Waals surface area contributed by atoms with Crippen LogP contribution in [0.2, 0.25) is 5.02 Å². The molecule has 2 aromatic carbocycles. The molecule has 1 N–H and O–H groups in total. The molecule has 0 aliphatic carbocycles. The SMILES string of the molecule is CN(C)c1ccc(CNc2ccc([N+](=O)[O-])cc2Cl)cc1. The minimum Gasteiger partial charge on any atom is -0.380 e. The van der Waals surface area contributed by atoms with Crippen molar-refractivity contribution in [1.29, 1.82) is 0 Å². The van der Waals surface area contributed by atoms with Gasteiger partial charge >= 0.3 is 0 Å². The van der Waals surface area contributed by atoms with Crippen molar-refractivity contribution in [3.63, 3.8) is 0 Å². The van der Waals surface area contributed by atoms with Crippen LogP contribution in [-0.2, 0) is 6.54 Å². The Balaban J connectivity index is 2.04. The maximum atomic E-state index is 10.7. The van der Waals surface area contributed by atoms with Crippen LogP contribution in [0.25, 0.3) is 0 Å². The van der Waals surface area contributed by atoms with Crippen LogP contribution in [-0.4, -0.2) is 19.0 Å². The fraction of sp³-hybridized carbons (Fsp3) is 0.200. The van der Waals surface area contributed by atoms with Crippen molar-refractivity contribution in [3.8, 4) is 0 Å². The van der Waals surface area contributed by atoms with Crippen molar-refractivity contribution >= 4 is 28.7 Å². The van der Waals surface area contributed by atoms with E-state index < -0.39 is 4.92 Å². The highest BCUT2D eigenvalue weighted by atomic mass is 35.5. The lowest BCUT2D eigenvalue weighted by Gasteiger charge is -2.13. The minimum atomic E-state index is -0.463. The summed E-state index contributed by atoms with van der Waals surface area (Å²) < 4.78 is 0. The molecule has 0 heterocycles. The molecule has 6 heteroatoms. The van der Waals surface area contributed by atoms with Crippen LogP contribution < -0.4 is 10.2 Å². The largest absolute Gasteiger partial charge is 0.380 e. The molecule has 2 aromatic rings. The van der Waals surface area contributed by atoms with Gasteiger partial charge in [0, 0.05) is 38.5 Å². The molecule has 0 aliphatic heterocycles. The third kappa shape index (κ3) is 3.86. The molecule has 0 aliphatic rings. The van der Waals surface area contributed by atoms with Crippen molar-refractivity contribution < 1.29 is 4.92 Å². The molecule has 110 valence electrons. The van der Waals surface area contributed by atoms with Gasteiger partial charge in [-0.15, -0.1) is 0 Å². The van der Waals surface area contributed by atoms with Crippen molar-refractivity contribution in [2.45, 2.75) is 6.54 Å². The zero-order valence-corrected chi connectivity index (χ0v) is 12.6. The highest BCUT2D eigenvalue weighted by molar-refractivity contribution is 6.33. The minimum absolute atomic E-state index is 0.0131. The lowest BCUT2D eigenvalue weighted by molar-refractivity contribution is -0.384. The third-order valence-electron chi connectivity index (χ3n) is 3.10. The Morgan fingerprint density at radius 3 is 2.38 bits per heavy atom. The van der Waals surface area contributed by atoms with Crippen LogP contribution in [0.1, 0.15) is 5.56 Å². The number of hydrogen-bond donors (Lipinski definition) is 1. The van der Waals surface area contributed by atoms with Crippen LogP contribution in [0.15, 0.2) is 42.5 Å². The maximum absolute atomic E-state index is 10.7. The second kappa shape index (κ2) is 6.45. The number of benzene rings is 2. The van der Waals surface area contributed by atoms with Gasteiger partial charge in [0.05, 0.1) is 15.6 Å². The number of rotatable bonds is 5. The third-order valence-corrected chi connectivity index (χ3v) is 3.41. The van der Waals surface area contributed by atoms with Gasteiger partial charge in [0.2, 0.25) is 0 Å². The molecule has 0 saturated heterocycles. The monoisotopic (exact) mass is 305 g/mol. The van der Waals surface area contributed by atoms with Gasteiger partial charge in [-0.2, -0.15) is 0 Å². The summed E-state index contributed by atoms with van der Waals surface area (Å²) in [6.07, 6.45) is 0. The van der Waals surface area contributed by atoms with Crippen LogP contribution in [0.3, 0.4) is 0 Å². The van der Waals surface area contributed by atoms with Gasteiger partial charge in [0.1, 0.15) is 0 Å². The number of hydrogen-bond acceptors (Lipinski definition) is 4. The van der Waals surface area contributed by atoms with E-state index in [0.29, 0.717) is 17.3 Å². The van der Waals surface area contributed by atoms with Crippen molar-refractivity contribution in [2.75, 3.05) is 24.3 Å². The number of nitrogens with one attached hydrogen (secondary N) is 1. The second-order valence-corrected chi connectivity index (χ2v) is 5.24. The van der Waals surface area contributed by atoms with E-state index in [4.69, 9.17) is 11.6 Å². The molecule has 0 saturated carbocycles. The predicted octanol–water partition coefficient (Wildman–Crippen LogP) is 3.93. The number of anilines is 2. The molecule has 0 unspecified atom stereocenters. The number of nitrogens with zero attached hydrogens (tertiary/aromatic N) is 2. The number of non-ortho nitro benzene ring substituents is 1. The summed E-state index contributed by atoms with van der Waals surface area (Å²) in [6, 6.07) is 12.5. The molecule has 0 bridgehead atoms. The highest BCUT2D eigenvalue weighted by Gasteiger charge is 2.09. The lowest BCUT2D eigenvalue weighted by Crippen LogP contribution is -2.08. The molecular formula is C15H16ClN3O2. The van der Waals surface area contributed by atoms with E-state index in [1.807, 2.05) is 43.3 Å². The normalized spacial score (nSPS) is 10.2. The van der Waals surface area contributed by atoms with Gasteiger partial charge in [0.15, 0.2) is 0 Å². The molecule has 0 aromatic heterocycles. The Labute approximate surface area is 128 Å². The Morgan fingerprint density at radius 2 is 1.86 bits per heavy atom. The summed E-state index contributed by atoms with van der Waals surface area (Å²) in [5.74, 6) is 0. The van der Waals surface area contributed by atoms with Gasteiger partial charge < -0.3 is 10.2 Å². The summed E-state index contributed by atoms with van der Waals surface area (Å²) in [6.45, 7) is 0.602. The Hall–Kier alpha value is -2.27. The summed E-state index contributed by atoms with van der Waals surface area (Å²) >= 11 is 6.03. The molecule has 0 radical (unpaired) electrons. The Kier molecular flexibility index (Phi) is 4.65. The summed E-state index contributed by atoms with van der Waals surface area (Å²) in [5.41, 5.74) is 2.90. The maximum Gasteiger partial charge on any atom is 0.271 e. The first-order valence-corrected chi connectivity index (χ1v) is 6.79. The fourth-order valence-corrected chi connectivity index (χ4v) is 2.11. The Bertz CT molecular complexity index is 642. The van der Waals surface area contributed by atoms with E-state index in [9.17, 15) is 10.1 Å². The summed E-state index contributed by atoms with van der Waals surface area (Å²) in [5, 5.41) is 14.2. The first-order chi connectivity index (χ1) is 9.97. The number of nitro groups is 1. The molecule has 2 rings (SSSR count).